The van der Waals surface area contributed by atoms with Crippen molar-refractivity contribution in [3.8, 4) is 0 Å². The Balaban J connectivity index is 2.02. The first kappa shape index (κ1) is 13.5. The van der Waals surface area contributed by atoms with Crippen molar-refractivity contribution >= 4 is 23.3 Å². The molecule has 2 amide bonds. The van der Waals surface area contributed by atoms with Gasteiger partial charge in [-0.2, -0.15) is 0 Å². The third kappa shape index (κ3) is 3.51. The molecule has 0 radical (unpaired) electrons. The van der Waals surface area contributed by atoms with Crippen molar-refractivity contribution in [2.75, 3.05) is 12.4 Å². The summed E-state index contributed by atoms with van der Waals surface area (Å²) in [5.74, 6) is 0.737. The summed E-state index contributed by atoms with van der Waals surface area (Å²) in [7, 11) is 1.71. The second-order valence-corrected chi connectivity index (χ2v) is 4.76. The minimum Gasteiger partial charge on any atom is -0.467 e. The molecule has 100 valence electrons. The number of nitrogens with one attached hydrogen (secondary N) is 1. The predicted octanol–water partition coefficient (Wildman–Crippen LogP) is 3.91. The number of rotatable bonds is 3. The minimum absolute atomic E-state index is 0.207. The monoisotopic (exact) mass is 278 g/mol. The molecule has 1 heterocycles. The topological polar surface area (TPSA) is 45.5 Å². The first-order valence-corrected chi connectivity index (χ1v) is 6.24. The summed E-state index contributed by atoms with van der Waals surface area (Å²) in [6.45, 7) is 2.33. The van der Waals surface area contributed by atoms with Crippen LogP contribution in [-0.4, -0.2) is 18.0 Å². The number of carbonyl (C=O) groups is 1. The highest BCUT2D eigenvalue weighted by Crippen LogP contribution is 2.20. The average Bonchev–Trinajstić information content (AvgIpc) is 2.86. The van der Waals surface area contributed by atoms with Gasteiger partial charge in [0.25, 0.3) is 0 Å². The van der Waals surface area contributed by atoms with Crippen molar-refractivity contribution in [3.05, 3.63) is 52.9 Å². The Morgan fingerprint density at radius 2 is 2.21 bits per heavy atom. The van der Waals surface area contributed by atoms with Crippen LogP contribution >= 0.6 is 11.6 Å². The standard InChI is InChI=1S/C14H15ClN2O2/c1-10-5-6-11(15)8-13(10)16-14(18)17(2)9-12-4-3-7-19-12/h3-8H,9H2,1-2H3,(H,16,18). The van der Waals surface area contributed by atoms with Gasteiger partial charge in [0.1, 0.15) is 5.76 Å². The number of amides is 2. The van der Waals surface area contributed by atoms with E-state index in [2.05, 4.69) is 5.32 Å². The average molecular weight is 279 g/mol. The SMILES string of the molecule is Cc1ccc(Cl)cc1NC(=O)N(C)Cc1ccco1. The van der Waals surface area contributed by atoms with E-state index >= 15 is 0 Å². The number of urea groups is 1. The van der Waals surface area contributed by atoms with Gasteiger partial charge in [0.05, 0.1) is 12.8 Å². The van der Waals surface area contributed by atoms with Crippen LogP contribution in [0.3, 0.4) is 0 Å². The molecule has 0 fully saturated rings. The second-order valence-electron chi connectivity index (χ2n) is 4.32. The lowest BCUT2D eigenvalue weighted by Gasteiger charge is -2.17. The molecule has 1 aromatic carbocycles. The maximum atomic E-state index is 12.0. The quantitative estimate of drug-likeness (QED) is 0.925. The molecule has 4 nitrogen and oxygen atoms in total. The van der Waals surface area contributed by atoms with E-state index in [-0.39, 0.29) is 6.03 Å². The van der Waals surface area contributed by atoms with Crippen LogP contribution in [0.5, 0.6) is 0 Å². The van der Waals surface area contributed by atoms with Crippen molar-refractivity contribution in [2.24, 2.45) is 0 Å². The van der Waals surface area contributed by atoms with Gasteiger partial charge in [0.15, 0.2) is 0 Å². The van der Waals surface area contributed by atoms with Gasteiger partial charge in [0.2, 0.25) is 0 Å². The number of nitrogens with zero attached hydrogens (tertiary/aromatic N) is 1. The van der Waals surface area contributed by atoms with Gasteiger partial charge in [-0.1, -0.05) is 17.7 Å². The van der Waals surface area contributed by atoms with Crippen molar-refractivity contribution in [2.45, 2.75) is 13.5 Å². The molecule has 0 saturated heterocycles. The lowest BCUT2D eigenvalue weighted by molar-refractivity contribution is 0.217. The molecular formula is C14H15ClN2O2. The molecule has 5 heteroatoms. The minimum atomic E-state index is -0.207. The van der Waals surface area contributed by atoms with Crippen LogP contribution in [0.25, 0.3) is 0 Å². The van der Waals surface area contributed by atoms with E-state index in [1.807, 2.05) is 19.1 Å². The highest BCUT2D eigenvalue weighted by Gasteiger charge is 2.12. The number of halogens is 1. The molecule has 0 aliphatic rings. The predicted molar refractivity (Wildman–Crippen MR) is 75.4 cm³/mol. The van der Waals surface area contributed by atoms with E-state index in [0.717, 1.165) is 11.3 Å². The molecule has 0 saturated carbocycles. The molecule has 2 aromatic rings. The lowest BCUT2D eigenvalue weighted by atomic mass is 10.2. The van der Waals surface area contributed by atoms with Crippen molar-refractivity contribution in [3.63, 3.8) is 0 Å². The molecule has 2 rings (SSSR count). The number of benzene rings is 1. The zero-order valence-corrected chi connectivity index (χ0v) is 11.6. The first-order valence-electron chi connectivity index (χ1n) is 5.87. The molecule has 0 unspecified atom stereocenters. The van der Waals surface area contributed by atoms with Crippen LogP contribution in [-0.2, 0) is 6.54 Å². The largest absolute Gasteiger partial charge is 0.467 e. The van der Waals surface area contributed by atoms with E-state index < -0.39 is 0 Å². The number of furan rings is 1. The third-order valence-electron chi connectivity index (χ3n) is 2.76. The van der Waals surface area contributed by atoms with Crippen molar-refractivity contribution < 1.29 is 9.21 Å². The Bertz CT molecular complexity index is 567. The van der Waals surface area contributed by atoms with Crippen molar-refractivity contribution in [1.29, 1.82) is 0 Å². The van der Waals surface area contributed by atoms with Gasteiger partial charge in [-0.3, -0.25) is 0 Å². The molecule has 1 aromatic heterocycles. The number of carbonyl (C=O) groups excluding carboxylic acids is 1. The van der Waals surface area contributed by atoms with Crippen molar-refractivity contribution in [1.82, 2.24) is 4.90 Å². The molecule has 0 spiro atoms. The van der Waals surface area contributed by atoms with Gasteiger partial charge in [-0.15, -0.1) is 0 Å². The van der Waals surface area contributed by atoms with Gasteiger partial charge < -0.3 is 14.6 Å². The van der Waals surface area contributed by atoms with Crippen LogP contribution in [0.2, 0.25) is 5.02 Å². The molecule has 0 aliphatic heterocycles. The highest BCUT2D eigenvalue weighted by atomic mass is 35.5. The molecule has 1 N–H and O–H groups in total. The van der Waals surface area contributed by atoms with E-state index in [9.17, 15) is 4.79 Å². The maximum Gasteiger partial charge on any atom is 0.322 e. The summed E-state index contributed by atoms with van der Waals surface area (Å²) in [5, 5.41) is 3.42. The summed E-state index contributed by atoms with van der Waals surface area (Å²) in [6.07, 6.45) is 1.59. The maximum absolute atomic E-state index is 12.0. The summed E-state index contributed by atoms with van der Waals surface area (Å²) < 4.78 is 5.20. The van der Waals surface area contributed by atoms with Gasteiger partial charge in [-0.05, 0) is 36.8 Å². The molecule has 19 heavy (non-hydrogen) atoms. The van der Waals surface area contributed by atoms with Crippen LogP contribution in [0.4, 0.5) is 10.5 Å². The van der Waals surface area contributed by atoms with Gasteiger partial charge in [0, 0.05) is 17.8 Å². The Labute approximate surface area is 117 Å². The van der Waals surface area contributed by atoms with Crippen LogP contribution in [0, 0.1) is 6.92 Å². The Morgan fingerprint density at radius 1 is 1.42 bits per heavy atom. The Kier molecular flexibility index (Phi) is 4.12. The fraction of sp³-hybridized carbons (Fsp3) is 0.214. The summed E-state index contributed by atoms with van der Waals surface area (Å²) in [5.41, 5.74) is 1.67. The Morgan fingerprint density at radius 3 is 2.89 bits per heavy atom. The molecule has 0 aliphatic carbocycles. The van der Waals surface area contributed by atoms with E-state index in [1.54, 1.807) is 36.4 Å². The van der Waals surface area contributed by atoms with Crippen LogP contribution < -0.4 is 5.32 Å². The fourth-order valence-electron chi connectivity index (χ4n) is 1.65. The Hall–Kier alpha value is -1.94. The highest BCUT2D eigenvalue weighted by molar-refractivity contribution is 6.31. The summed E-state index contributed by atoms with van der Waals surface area (Å²) in [6, 6.07) is 8.80. The van der Waals surface area contributed by atoms with Crippen LogP contribution in [0.1, 0.15) is 11.3 Å². The first-order chi connectivity index (χ1) is 9.06. The normalized spacial score (nSPS) is 10.3. The number of hydrogen-bond acceptors (Lipinski definition) is 2. The zero-order valence-electron chi connectivity index (χ0n) is 10.8. The number of aryl methyl sites for hydroxylation is 1. The van der Waals surface area contributed by atoms with Gasteiger partial charge >= 0.3 is 6.03 Å². The molecular weight excluding hydrogens is 264 g/mol. The lowest BCUT2D eigenvalue weighted by Crippen LogP contribution is -2.30. The zero-order chi connectivity index (χ0) is 13.8. The number of anilines is 1. The number of hydrogen-bond donors (Lipinski definition) is 1. The van der Waals surface area contributed by atoms with E-state index in [4.69, 9.17) is 16.0 Å². The fourth-order valence-corrected chi connectivity index (χ4v) is 1.82. The van der Waals surface area contributed by atoms with E-state index in [1.165, 1.54) is 0 Å². The third-order valence-corrected chi connectivity index (χ3v) is 3.00. The molecule has 0 atom stereocenters. The van der Waals surface area contributed by atoms with E-state index in [0.29, 0.717) is 17.3 Å². The summed E-state index contributed by atoms with van der Waals surface area (Å²) >= 11 is 5.92. The molecule has 0 bridgehead atoms. The summed E-state index contributed by atoms with van der Waals surface area (Å²) in [4.78, 5) is 13.6. The smallest absolute Gasteiger partial charge is 0.322 e. The van der Waals surface area contributed by atoms with Gasteiger partial charge in [-0.25, -0.2) is 4.79 Å². The van der Waals surface area contributed by atoms with Crippen LogP contribution in [0.15, 0.2) is 41.0 Å². The second kappa shape index (κ2) is 5.80.